The normalized spacial score (nSPS) is 12.7. The Labute approximate surface area is 119 Å². The number of pyridine rings is 1. The summed E-state index contributed by atoms with van der Waals surface area (Å²) < 4.78 is 12.3. The number of hydrogen-bond donors (Lipinski definition) is 1. The number of aromatic amines is 1. The number of rotatable bonds is 3. The average molecular weight is 285 g/mol. The summed E-state index contributed by atoms with van der Waals surface area (Å²) in [6.07, 6.45) is 1.79. The van der Waals surface area contributed by atoms with Gasteiger partial charge in [-0.05, 0) is 43.2 Å². The van der Waals surface area contributed by atoms with Crippen molar-refractivity contribution < 1.29 is 4.21 Å². The molecule has 0 amide bonds. The summed E-state index contributed by atoms with van der Waals surface area (Å²) in [7, 11) is -1.21. The van der Waals surface area contributed by atoms with E-state index in [9.17, 15) is 4.21 Å². The minimum absolute atomic E-state index is 0.374. The molecule has 20 heavy (non-hydrogen) atoms. The summed E-state index contributed by atoms with van der Waals surface area (Å²) in [5.74, 6) is 0.374. The fraction of sp³-hybridized carbons (Fsp3) is 0.200. The fourth-order valence-electron chi connectivity index (χ4n) is 1.99. The van der Waals surface area contributed by atoms with E-state index < -0.39 is 10.8 Å². The smallest absolute Gasteiger partial charge is 0.197 e. The van der Waals surface area contributed by atoms with Crippen LogP contribution in [-0.2, 0) is 16.6 Å². The van der Waals surface area contributed by atoms with E-state index in [1.54, 1.807) is 6.20 Å². The van der Waals surface area contributed by atoms with Crippen molar-refractivity contribution in [2.75, 3.05) is 0 Å². The predicted molar refractivity (Wildman–Crippen MR) is 79.9 cm³/mol. The highest BCUT2D eigenvalue weighted by atomic mass is 32.2. The molecule has 102 valence electrons. The number of fused-ring (bicyclic) bond motifs is 1. The van der Waals surface area contributed by atoms with Crippen molar-refractivity contribution in [2.24, 2.45) is 0 Å². The van der Waals surface area contributed by atoms with Crippen LogP contribution < -0.4 is 0 Å². The van der Waals surface area contributed by atoms with Gasteiger partial charge in [-0.2, -0.15) is 0 Å². The van der Waals surface area contributed by atoms with E-state index in [1.165, 1.54) is 0 Å². The highest BCUT2D eigenvalue weighted by Crippen LogP contribution is 2.16. The van der Waals surface area contributed by atoms with Crippen molar-refractivity contribution in [3.63, 3.8) is 0 Å². The number of aryl methyl sites for hydroxylation is 2. The van der Waals surface area contributed by atoms with Gasteiger partial charge in [-0.25, -0.2) is 4.98 Å². The summed E-state index contributed by atoms with van der Waals surface area (Å²) in [6.45, 7) is 4.00. The molecular formula is C15H15N3OS. The van der Waals surface area contributed by atoms with Crippen LogP contribution in [0.2, 0.25) is 0 Å². The molecule has 0 radical (unpaired) electrons. The number of benzene rings is 1. The summed E-state index contributed by atoms with van der Waals surface area (Å²) in [5.41, 5.74) is 4.82. The standard InChI is InChI=1S/C15H15N3OS/c1-10-4-6-13-14(7-10)18-15(17-13)20(19)9-12-5-3-11(2)8-16-12/h3-8H,9H2,1-2H3,(H,17,18). The predicted octanol–water partition coefficient (Wildman–Crippen LogP) is 2.88. The fourth-order valence-corrected chi connectivity index (χ4v) is 2.99. The van der Waals surface area contributed by atoms with Gasteiger partial charge in [0, 0.05) is 6.20 Å². The molecule has 1 aromatic carbocycles. The lowest BCUT2D eigenvalue weighted by Gasteiger charge is -1.99. The Morgan fingerprint density at radius 3 is 2.70 bits per heavy atom. The number of hydrogen-bond acceptors (Lipinski definition) is 3. The van der Waals surface area contributed by atoms with Gasteiger partial charge in [0.2, 0.25) is 0 Å². The first kappa shape index (κ1) is 13.0. The van der Waals surface area contributed by atoms with Crippen LogP contribution in [0.3, 0.4) is 0 Å². The Hall–Kier alpha value is -2.01. The van der Waals surface area contributed by atoms with Crippen LogP contribution in [0.25, 0.3) is 11.0 Å². The van der Waals surface area contributed by atoms with Gasteiger partial charge in [0.15, 0.2) is 5.16 Å². The molecule has 0 aliphatic rings. The molecule has 3 aromatic rings. The molecule has 0 spiro atoms. The lowest BCUT2D eigenvalue weighted by molar-refractivity contribution is 0.677. The van der Waals surface area contributed by atoms with Crippen LogP contribution in [0.15, 0.2) is 41.7 Å². The average Bonchev–Trinajstić information content (AvgIpc) is 2.84. The van der Waals surface area contributed by atoms with Gasteiger partial charge in [-0.15, -0.1) is 0 Å². The SMILES string of the molecule is Cc1ccc(CS(=O)c2nc3ccc(C)cc3[nH]2)nc1. The molecule has 0 aliphatic heterocycles. The van der Waals surface area contributed by atoms with Crippen molar-refractivity contribution in [1.29, 1.82) is 0 Å². The maximum absolute atomic E-state index is 12.3. The third kappa shape index (κ3) is 2.63. The zero-order chi connectivity index (χ0) is 14.1. The van der Waals surface area contributed by atoms with Gasteiger partial charge in [0.25, 0.3) is 0 Å². The first-order valence-corrected chi connectivity index (χ1v) is 7.70. The summed E-state index contributed by atoms with van der Waals surface area (Å²) >= 11 is 0. The number of aromatic nitrogens is 3. The van der Waals surface area contributed by atoms with Crippen molar-refractivity contribution in [3.05, 3.63) is 53.3 Å². The molecule has 4 nitrogen and oxygen atoms in total. The van der Waals surface area contributed by atoms with Crippen molar-refractivity contribution in [2.45, 2.75) is 24.8 Å². The van der Waals surface area contributed by atoms with Crippen LogP contribution in [0.1, 0.15) is 16.8 Å². The Balaban J connectivity index is 1.86. The zero-order valence-corrected chi connectivity index (χ0v) is 12.2. The number of H-pyrrole nitrogens is 1. The summed E-state index contributed by atoms with van der Waals surface area (Å²) in [5, 5.41) is 0.507. The van der Waals surface area contributed by atoms with Crippen molar-refractivity contribution in [3.8, 4) is 0 Å². The molecule has 0 saturated carbocycles. The monoisotopic (exact) mass is 285 g/mol. The van der Waals surface area contributed by atoms with E-state index in [2.05, 4.69) is 15.0 Å². The molecule has 3 rings (SSSR count). The quantitative estimate of drug-likeness (QED) is 0.805. The van der Waals surface area contributed by atoms with E-state index >= 15 is 0 Å². The molecule has 0 aliphatic carbocycles. The van der Waals surface area contributed by atoms with Crippen molar-refractivity contribution >= 4 is 21.8 Å². The Morgan fingerprint density at radius 1 is 1.15 bits per heavy atom. The second-order valence-electron chi connectivity index (χ2n) is 4.88. The topological polar surface area (TPSA) is 58.6 Å². The van der Waals surface area contributed by atoms with E-state index in [-0.39, 0.29) is 0 Å². The minimum atomic E-state index is -1.21. The van der Waals surface area contributed by atoms with Gasteiger partial charge in [-0.1, -0.05) is 12.1 Å². The largest absolute Gasteiger partial charge is 0.331 e. The Kier molecular flexibility index (Phi) is 3.36. The zero-order valence-electron chi connectivity index (χ0n) is 11.4. The van der Waals surface area contributed by atoms with Crippen LogP contribution >= 0.6 is 0 Å². The number of nitrogens with one attached hydrogen (secondary N) is 1. The highest BCUT2D eigenvalue weighted by Gasteiger charge is 2.11. The molecule has 5 heteroatoms. The maximum Gasteiger partial charge on any atom is 0.197 e. The van der Waals surface area contributed by atoms with Gasteiger partial charge in [0.1, 0.15) is 0 Å². The minimum Gasteiger partial charge on any atom is -0.331 e. The Morgan fingerprint density at radius 2 is 1.95 bits per heavy atom. The van der Waals surface area contributed by atoms with E-state index in [1.807, 2.05) is 44.2 Å². The molecule has 0 bridgehead atoms. The molecule has 1 unspecified atom stereocenters. The van der Waals surface area contributed by atoms with E-state index in [0.717, 1.165) is 27.9 Å². The molecule has 1 N–H and O–H groups in total. The molecule has 0 saturated heterocycles. The third-order valence-electron chi connectivity index (χ3n) is 3.08. The molecule has 2 heterocycles. The van der Waals surface area contributed by atoms with Crippen LogP contribution in [0.5, 0.6) is 0 Å². The summed E-state index contributed by atoms with van der Waals surface area (Å²) in [4.78, 5) is 11.8. The second kappa shape index (κ2) is 5.17. The van der Waals surface area contributed by atoms with Crippen molar-refractivity contribution in [1.82, 2.24) is 15.0 Å². The first-order valence-electron chi connectivity index (χ1n) is 6.38. The van der Waals surface area contributed by atoms with Crippen LogP contribution in [0.4, 0.5) is 0 Å². The number of nitrogens with zero attached hydrogens (tertiary/aromatic N) is 2. The van der Waals surface area contributed by atoms with Gasteiger partial charge < -0.3 is 4.98 Å². The van der Waals surface area contributed by atoms with E-state index in [4.69, 9.17) is 0 Å². The van der Waals surface area contributed by atoms with Gasteiger partial charge >= 0.3 is 0 Å². The van der Waals surface area contributed by atoms with E-state index in [0.29, 0.717) is 10.9 Å². The lowest BCUT2D eigenvalue weighted by Crippen LogP contribution is -2.00. The molecule has 2 aromatic heterocycles. The third-order valence-corrected chi connectivity index (χ3v) is 4.27. The molecule has 1 atom stereocenters. The second-order valence-corrected chi connectivity index (χ2v) is 6.25. The maximum atomic E-state index is 12.3. The Bertz CT molecular complexity index is 777. The molecule has 0 fully saturated rings. The first-order chi connectivity index (χ1) is 9.61. The van der Waals surface area contributed by atoms with Crippen LogP contribution in [0, 0.1) is 13.8 Å². The lowest BCUT2D eigenvalue weighted by atomic mass is 10.2. The highest BCUT2D eigenvalue weighted by molar-refractivity contribution is 7.84. The van der Waals surface area contributed by atoms with Gasteiger partial charge in [-0.3, -0.25) is 9.19 Å². The number of imidazole rings is 1. The summed E-state index contributed by atoms with van der Waals surface area (Å²) in [6, 6.07) is 9.82. The van der Waals surface area contributed by atoms with Crippen LogP contribution in [-0.4, -0.2) is 19.2 Å². The van der Waals surface area contributed by atoms with Gasteiger partial charge in [0.05, 0.1) is 33.3 Å². The molecular weight excluding hydrogens is 270 g/mol.